The second kappa shape index (κ2) is 9.18. The molecule has 2 unspecified atom stereocenters. The lowest BCUT2D eigenvalue weighted by Crippen LogP contribution is -2.30. The van der Waals surface area contributed by atoms with Gasteiger partial charge in [0, 0.05) is 43.5 Å². The third-order valence-corrected chi connectivity index (χ3v) is 5.75. The average molecular weight is 419 g/mol. The molecule has 1 saturated heterocycles. The van der Waals surface area contributed by atoms with E-state index in [0.717, 1.165) is 25.2 Å². The average Bonchev–Trinajstić information content (AvgIpc) is 3.13. The molecule has 8 nitrogen and oxygen atoms in total. The molecule has 8 heteroatoms. The van der Waals surface area contributed by atoms with Crippen molar-refractivity contribution >= 4 is 5.91 Å². The molecule has 160 valence electrons. The van der Waals surface area contributed by atoms with Gasteiger partial charge in [-0.25, -0.2) is 0 Å². The van der Waals surface area contributed by atoms with Crippen molar-refractivity contribution in [3.63, 3.8) is 0 Å². The fraction of sp³-hybridized carbons (Fsp3) is 0.348. The maximum absolute atomic E-state index is 12.6. The molecule has 2 aromatic heterocycles. The number of likely N-dealkylation sites (tertiary alicyclic amines) is 1. The first-order valence-corrected chi connectivity index (χ1v) is 10.4. The number of rotatable bonds is 6. The number of pyridine rings is 1. The van der Waals surface area contributed by atoms with Gasteiger partial charge in [-0.1, -0.05) is 37.3 Å². The molecule has 1 fully saturated rings. The van der Waals surface area contributed by atoms with Crippen molar-refractivity contribution in [3.8, 4) is 0 Å². The van der Waals surface area contributed by atoms with Crippen LogP contribution >= 0.6 is 0 Å². The van der Waals surface area contributed by atoms with Gasteiger partial charge in [0.2, 0.25) is 0 Å². The molecule has 1 aromatic carbocycles. The SMILES string of the molecule is Cc1cnccc1C(=O)NCc1nnc(C2CN(Cc3ccccc3)CC2C)[nH]c1=O. The molecule has 2 atom stereocenters. The first kappa shape index (κ1) is 20.9. The summed E-state index contributed by atoms with van der Waals surface area (Å²) in [6.45, 7) is 6.62. The summed E-state index contributed by atoms with van der Waals surface area (Å²) >= 11 is 0. The van der Waals surface area contributed by atoms with Gasteiger partial charge >= 0.3 is 0 Å². The summed E-state index contributed by atoms with van der Waals surface area (Å²) < 4.78 is 0. The summed E-state index contributed by atoms with van der Waals surface area (Å²) in [7, 11) is 0. The summed E-state index contributed by atoms with van der Waals surface area (Å²) in [5, 5.41) is 11.1. The van der Waals surface area contributed by atoms with Crippen molar-refractivity contribution < 1.29 is 4.79 Å². The lowest BCUT2D eigenvalue weighted by molar-refractivity contribution is 0.0949. The number of carbonyl (C=O) groups is 1. The Morgan fingerprint density at radius 2 is 2.00 bits per heavy atom. The Kier molecular flexibility index (Phi) is 6.18. The van der Waals surface area contributed by atoms with Crippen molar-refractivity contribution in [2.45, 2.75) is 32.9 Å². The third kappa shape index (κ3) is 4.86. The Morgan fingerprint density at radius 3 is 2.74 bits per heavy atom. The van der Waals surface area contributed by atoms with Crippen LogP contribution in [-0.2, 0) is 13.1 Å². The van der Waals surface area contributed by atoms with Gasteiger partial charge in [0.25, 0.3) is 11.5 Å². The molecule has 31 heavy (non-hydrogen) atoms. The first-order valence-electron chi connectivity index (χ1n) is 10.4. The molecule has 1 amide bonds. The molecule has 3 aromatic rings. The molecule has 3 heterocycles. The van der Waals surface area contributed by atoms with E-state index in [4.69, 9.17) is 0 Å². The van der Waals surface area contributed by atoms with E-state index in [0.29, 0.717) is 17.3 Å². The van der Waals surface area contributed by atoms with Crippen LogP contribution in [0.2, 0.25) is 0 Å². The smallest absolute Gasteiger partial charge is 0.274 e. The highest BCUT2D eigenvalue weighted by Crippen LogP contribution is 2.30. The fourth-order valence-electron chi connectivity index (χ4n) is 4.04. The number of nitrogens with one attached hydrogen (secondary N) is 2. The fourth-order valence-corrected chi connectivity index (χ4v) is 4.04. The van der Waals surface area contributed by atoms with Gasteiger partial charge in [-0.15, -0.1) is 10.2 Å². The molecule has 0 spiro atoms. The number of aromatic amines is 1. The van der Waals surface area contributed by atoms with Crippen molar-refractivity contribution in [2.75, 3.05) is 13.1 Å². The number of hydrogen-bond donors (Lipinski definition) is 2. The highest BCUT2D eigenvalue weighted by Gasteiger charge is 2.32. The number of benzene rings is 1. The van der Waals surface area contributed by atoms with Crippen LogP contribution in [0.5, 0.6) is 0 Å². The van der Waals surface area contributed by atoms with E-state index in [9.17, 15) is 9.59 Å². The second-order valence-corrected chi connectivity index (χ2v) is 8.12. The van der Waals surface area contributed by atoms with Crippen LogP contribution in [0.1, 0.15) is 45.8 Å². The number of H-pyrrole nitrogens is 1. The molecular weight excluding hydrogens is 392 g/mol. The monoisotopic (exact) mass is 418 g/mol. The summed E-state index contributed by atoms with van der Waals surface area (Å²) in [4.78, 5) is 34.2. The number of aryl methyl sites for hydroxylation is 1. The maximum atomic E-state index is 12.6. The second-order valence-electron chi connectivity index (χ2n) is 8.12. The molecule has 1 aliphatic heterocycles. The van der Waals surface area contributed by atoms with Crippen LogP contribution in [0, 0.1) is 12.8 Å². The number of nitrogens with zero attached hydrogens (tertiary/aromatic N) is 4. The van der Waals surface area contributed by atoms with Gasteiger partial charge in [-0.3, -0.25) is 19.5 Å². The molecule has 0 aliphatic carbocycles. The van der Waals surface area contributed by atoms with Crippen molar-refractivity contribution in [1.29, 1.82) is 0 Å². The number of aromatic nitrogens is 4. The Balaban J connectivity index is 1.40. The van der Waals surface area contributed by atoms with Crippen molar-refractivity contribution in [2.24, 2.45) is 5.92 Å². The normalized spacial score (nSPS) is 18.8. The summed E-state index contributed by atoms with van der Waals surface area (Å²) in [6.07, 6.45) is 3.19. The third-order valence-electron chi connectivity index (χ3n) is 5.75. The van der Waals surface area contributed by atoms with Crippen molar-refractivity contribution in [1.82, 2.24) is 30.4 Å². The predicted molar refractivity (Wildman–Crippen MR) is 116 cm³/mol. The summed E-state index contributed by atoms with van der Waals surface area (Å²) in [6, 6.07) is 12.0. The lowest BCUT2D eigenvalue weighted by Gasteiger charge is -2.15. The van der Waals surface area contributed by atoms with Gasteiger partial charge in [0.15, 0.2) is 0 Å². The van der Waals surface area contributed by atoms with E-state index in [2.05, 4.69) is 49.4 Å². The standard InChI is InChI=1S/C23H26N6O2/c1-15-10-24-9-8-18(15)22(30)25-11-20-23(31)26-21(28-27-20)19-14-29(12-16(19)2)13-17-6-4-3-5-7-17/h3-10,16,19H,11-14H2,1-2H3,(H,25,30)(H,26,28,31). The van der Waals surface area contributed by atoms with Crippen LogP contribution in [0.3, 0.4) is 0 Å². The van der Waals surface area contributed by atoms with Crippen LogP contribution < -0.4 is 10.9 Å². The van der Waals surface area contributed by atoms with E-state index in [1.165, 1.54) is 5.56 Å². The van der Waals surface area contributed by atoms with Crippen LogP contribution in [-0.4, -0.2) is 44.1 Å². The van der Waals surface area contributed by atoms with E-state index < -0.39 is 0 Å². The van der Waals surface area contributed by atoms with Gasteiger partial charge in [-0.05, 0) is 30.0 Å². The zero-order valence-electron chi connectivity index (χ0n) is 17.7. The van der Waals surface area contributed by atoms with Gasteiger partial charge in [0.05, 0.1) is 6.54 Å². The summed E-state index contributed by atoms with van der Waals surface area (Å²) in [5.74, 6) is 0.806. The van der Waals surface area contributed by atoms with Gasteiger partial charge in [-0.2, -0.15) is 0 Å². The lowest BCUT2D eigenvalue weighted by atomic mass is 9.97. The maximum Gasteiger partial charge on any atom is 0.274 e. The molecule has 0 radical (unpaired) electrons. The Hall–Kier alpha value is -3.39. The zero-order chi connectivity index (χ0) is 21.8. The van der Waals surface area contributed by atoms with E-state index >= 15 is 0 Å². The minimum absolute atomic E-state index is 0.0174. The minimum atomic E-state index is -0.314. The summed E-state index contributed by atoms with van der Waals surface area (Å²) in [5.41, 5.74) is 2.44. The van der Waals surface area contributed by atoms with Crippen LogP contribution in [0.25, 0.3) is 0 Å². The van der Waals surface area contributed by atoms with Crippen LogP contribution in [0.4, 0.5) is 0 Å². The van der Waals surface area contributed by atoms with Gasteiger partial charge < -0.3 is 10.3 Å². The van der Waals surface area contributed by atoms with Gasteiger partial charge in [0.1, 0.15) is 11.5 Å². The number of hydrogen-bond acceptors (Lipinski definition) is 6. The quantitative estimate of drug-likeness (QED) is 0.635. The molecule has 2 N–H and O–H groups in total. The number of carbonyl (C=O) groups excluding carboxylic acids is 1. The van der Waals surface area contributed by atoms with Crippen LogP contribution in [0.15, 0.2) is 53.6 Å². The highest BCUT2D eigenvalue weighted by atomic mass is 16.2. The molecule has 4 rings (SSSR count). The molecule has 0 bridgehead atoms. The topological polar surface area (TPSA) is 104 Å². The highest BCUT2D eigenvalue weighted by molar-refractivity contribution is 5.95. The Bertz CT molecular complexity index is 1110. The largest absolute Gasteiger partial charge is 0.346 e. The van der Waals surface area contributed by atoms with E-state index in [-0.39, 0.29) is 29.6 Å². The van der Waals surface area contributed by atoms with E-state index in [1.807, 2.05) is 25.1 Å². The number of amides is 1. The Labute approximate surface area is 180 Å². The Morgan fingerprint density at radius 1 is 1.19 bits per heavy atom. The van der Waals surface area contributed by atoms with E-state index in [1.54, 1.807) is 18.5 Å². The predicted octanol–water partition coefficient (Wildman–Crippen LogP) is 2.03. The van der Waals surface area contributed by atoms with Crippen molar-refractivity contribution in [3.05, 3.63) is 87.4 Å². The molecular formula is C23H26N6O2. The molecule has 0 saturated carbocycles. The minimum Gasteiger partial charge on any atom is -0.346 e. The first-order chi connectivity index (χ1) is 15.0. The zero-order valence-corrected chi connectivity index (χ0v) is 17.7. The molecule has 1 aliphatic rings.